The molecule has 5 heteroatoms. The van der Waals surface area contributed by atoms with Crippen LogP contribution < -0.4 is 5.56 Å². The van der Waals surface area contributed by atoms with Crippen LogP contribution in [0.4, 0.5) is 0 Å². The highest BCUT2D eigenvalue weighted by Crippen LogP contribution is 2.15. The molecule has 0 aromatic carbocycles. The maximum Gasteiger partial charge on any atom is 0.373 e. The van der Waals surface area contributed by atoms with E-state index in [-0.39, 0.29) is 16.9 Å². The fourth-order valence-electron chi connectivity index (χ4n) is 1.18. The van der Waals surface area contributed by atoms with Crippen LogP contribution in [0.1, 0.15) is 10.6 Å². The second kappa shape index (κ2) is 3.02. The predicted molar refractivity (Wildman–Crippen MR) is 48.2 cm³/mol. The van der Waals surface area contributed by atoms with Gasteiger partial charge in [-0.05, 0) is 12.1 Å². The highest BCUT2D eigenvalue weighted by atomic mass is 16.5. The number of hydrogen-bond donors (Lipinski definition) is 1. The molecule has 0 aliphatic rings. The number of rotatable bonds is 1. The minimum absolute atomic E-state index is 0.0270. The van der Waals surface area contributed by atoms with Gasteiger partial charge >= 0.3 is 5.97 Å². The molecular formula is C9H7NO4. The molecule has 1 N–H and O–H groups in total. The summed E-state index contributed by atoms with van der Waals surface area (Å²) in [4.78, 5) is 24.7. The Balaban J connectivity index is 2.68. The average Bonchev–Trinajstić information content (AvgIpc) is 2.62. The highest BCUT2D eigenvalue weighted by Gasteiger charge is 2.13. The molecule has 2 aromatic rings. The Bertz CT molecular complexity index is 537. The van der Waals surface area contributed by atoms with Gasteiger partial charge in [-0.2, -0.15) is 0 Å². The van der Waals surface area contributed by atoms with Crippen molar-refractivity contribution < 1.29 is 13.9 Å². The van der Waals surface area contributed by atoms with Crippen molar-refractivity contribution >= 4 is 16.9 Å². The van der Waals surface area contributed by atoms with Crippen molar-refractivity contribution in [2.45, 2.75) is 0 Å². The zero-order valence-electron chi connectivity index (χ0n) is 7.37. The Kier molecular flexibility index (Phi) is 1.85. The van der Waals surface area contributed by atoms with Crippen LogP contribution in [0.25, 0.3) is 11.0 Å². The summed E-state index contributed by atoms with van der Waals surface area (Å²) < 4.78 is 9.49. The normalized spacial score (nSPS) is 10.4. The van der Waals surface area contributed by atoms with Gasteiger partial charge in [-0.15, -0.1) is 0 Å². The number of aromatic amines is 1. The first kappa shape index (κ1) is 8.55. The van der Waals surface area contributed by atoms with Crippen molar-refractivity contribution in [3.8, 4) is 0 Å². The van der Waals surface area contributed by atoms with Gasteiger partial charge < -0.3 is 14.1 Å². The molecule has 2 rings (SSSR count). The number of carbonyl (C=O) groups is 1. The highest BCUT2D eigenvalue weighted by molar-refractivity contribution is 5.92. The molecule has 2 aromatic heterocycles. The van der Waals surface area contributed by atoms with Gasteiger partial charge in [0.1, 0.15) is 0 Å². The van der Waals surface area contributed by atoms with Crippen molar-refractivity contribution in [1.82, 2.24) is 4.98 Å². The molecular weight excluding hydrogens is 186 g/mol. The average molecular weight is 193 g/mol. The maximum absolute atomic E-state index is 11.2. The number of ether oxygens (including phenoxy) is 1. The quantitative estimate of drug-likeness (QED) is 0.683. The molecule has 0 aliphatic heterocycles. The Morgan fingerprint density at radius 3 is 3.00 bits per heavy atom. The zero-order chi connectivity index (χ0) is 10.1. The second-order valence-electron chi connectivity index (χ2n) is 2.69. The summed E-state index contributed by atoms with van der Waals surface area (Å²) in [6.07, 6.45) is 1.49. The minimum atomic E-state index is -0.597. The van der Waals surface area contributed by atoms with Gasteiger partial charge in [0.25, 0.3) is 5.56 Å². The van der Waals surface area contributed by atoms with Crippen LogP contribution in [0.15, 0.2) is 27.5 Å². The number of nitrogens with one attached hydrogen (secondary N) is 1. The van der Waals surface area contributed by atoms with E-state index in [1.807, 2.05) is 0 Å². The molecule has 0 bridgehead atoms. The van der Waals surface area contributed by atoms with E-state index in [2.05, 4.69) is 9.72 Å². The molecule has 0 spiro atoms. The van der Waals surface area contributed by atoms with Crippen LogP contribution in [0.5, 0.6) is 0 Å². The maximum atomic E-state index is 11.2. The number of carbonyl (C=O) groups excluding carboxylic acids is 1. The van der Waals surface area contributed by atoms with Crippen molar-refractivity contribution in [3.05, 3.63) is 34.4 Å². The van der Waals surface area contributed by atoms with E-state index in [9.17, 15) is 9.59 Å². The standard InChI is InChI=1S/C9H7NO4/c1-13-9(12)6-4-5-2-3-10-8(11)7(5)14-6/h2-4H,1H3,(H,10,11). The first-order valence-electron chi connectivity index (χ1n) is 3.92. The fraction of sp³-hybridized carbons (Fsp3) is 0.111. The Labute approximate surface area is 78.3 Å². The smallest absolute Gasteiger partial charge is 0.373 e. The number of esters is 1. The van der Waals surface area contributed by atoms with Gasteiger partial charge in [-0.3, -0.25) is 4.79 Å². The number of methoxy groups -OCH3 is 1. The van der Waals surface area contributed by atoms with Gasteiger partial charge in [-0.25, -0.2) is 4.79 Å². The third-order valence-corrected chi connectivity index (χ3v) is 1.83. The van der Waals surface area contributed by atoms with Gasteiger partial charge in [0, 0.05) is 11.6 Å². The van der Waals surface area contributed by atoms with Crippen LogP contribution in [0.3, 0.4) is 0 Å². The summed E-state index contributed by atoms with van der Waals surface area (Å²) in [5.74, 6) is -0.570. The number of fused-ring (bicyclic) bond motifs is 1. The molecule has 2 heterocycles. The second-order valence-corrected chi connectivity index (χ2v) is 2.69. The topological polar surface area (TPSA) is 72.3 Å². The molecule has 72 valence electrons. The van der Waals surface area contributed by atoms with Gasteiger partial charge in [0.15, 0.2) is 5.58 Å². The monoisotopic (exact) mass is 193 g/mol. The lowest BCUT2D eigenvalue weighted by Crippen LogP contribution is -2.02. The van der Waals surface area contributed by atoms with Crippen molar-refractivity contribution in [2.24, 2.45) is 0 Å². The van der Waals surface area contributed by atoms with Gasteiger partial charge in [-0.1, -0.05) is 0 Å². The lowest BCUT2D eigenvalue weighted by molar-refractivity contribution is 0.0567. The fourth-order valence-corrected chi connectivity index (χ4v) is 1.18. The third-order valence-electron chi connectivity index (χ3n) is 1.83. The number of aromatic nitrogens is 1. The van der Waals surface area contributed by atoms with E-state index in [1.165, 1.54) is 19.4 Å². The lowest BCUT2D eigenvalue weighted by atomic mass is 10.3. The van der Waals surface area contributed by atoms with Crippen LogP contribution >= 0.6 is 0 Å². The molecule has 0 amide bonds. The van der Waals surface area contributed by atoms with E-state index in [0.29, 0.717) is 5.39 Å². The first-order valence-corrected chi connectivity index (χ1v) is 3.92. The predicted octanol–water partition coefficient (Wildman–Crippen LogP) is 0.908. The first-order chi connectivity index (χ1) is 6.72. The molecule has 14 heavy (non-hydrogen) atoms. The number of furan rings is 1. The summed E-state index contributed by atoms with van der Waals surface area (Å²) in [6.45, 7) is 0. The molecule has 0 saturated carbocycles. The van der Waals surface area contributed by atoms with E-state index < -0.39 is 5.97 Å². The SMILES string of the molecule is COC(=O)c1cc2cc[nH]c(=O)c2o1. The number of pyridine rings is 1. The summed E-state index contributed by atoms with van der Waals surface area (Å²) in [5, 5.41) is 0.578. The van der Waals surface area contributed by atoms with E-state index in [0.717, 1.165) is 0 Å². The molecule has 0 atom stereocenters. The van der Waals surface area contributed by atoms with Crippen LogP contribution in [0, 0.1) is 0 Å². The van der Waals surface area contributed by atoms with Crippen molar-refractivity contribution in [1.29, 1.82) is 0 Å². The summed E-state index contributed by atoms with van der Waals surface area (Å²) in [6, 6.07) is 3.11. The molecule has 0 aliphatic carbocycles. The van der Waals surface area contributed by atoms with Crippen LogP contribution in [0.2, 0.25) is 0 Å². The Hall–Kier alpha value is -2.04. The summed E-state index contributed by atoms with van der Waals surface area (Å²) in [7, 11) is 1.25. The molecule has 5 nitrogen and oxygen atoms in total. The molecule has 0 radical (unpaired) electrons. The summed E-state index contributed by atoms with van der Waals surface area (Å²) in [5.41, 5.74) is -0.231. The van der Waals surface area contributed by atoms with Gasteiger partial charge in [0.2, 0.25) is 5.76 Å². The van der Waals surface area contributed by atoms with E-state index in [1.54, 1.807) is 6.07 Å². The number of hydrogen-bond acceptors (Lipinski definition) is 4. The molecule has 0 saturated heterocycles. The number of H-pyrrole nitrogens is 1. The van der Waals surface area contributed by atoms with E-state index >= 15 is 0 Å². The van der Waals surface area contributed by atoms with E-state index in [4.69, 9.17) is 4.42 Å². The van der Waals surface area contributed by atoms with Crippen molar-refractivity contribution in [3.63, 3.8) is 0 Å². The third kappa shape index (κ3) is 1.19. The Morgan fingerprint density at radius 1 is 1.57 bits per heavy atom. The lowest BCUT2D eigenvalue weighted by Gasteiger charge is -1.90. The summed E-state index contributed by atoms with van der Waals surface area (Å²) >= 11 is 0. The largest absolute Gasteiger partial charge is 0.463 e. The van der Waals surface area contributed by atoms with Crippen LogP contribution in [-0.2, 0) is 4.74 Å². The zero-order valence-corrected chi connectivity index (χ0v) is 7.37. The van der Waals surface area contributed by atoms with Crippen molar-refractivity contribution in [2.75, 3.05) is 7.11 Å². The molecule has 0 fully saturated rings. The Morgan fingerprint density at radius 2 is 2.36 bits per heavy atom. The minimum Gasteiger partial charge on any atom is -0.463 e. The van der Waals surface area contributed by atoms with Crippen LogP contribution in [-0.4, -0.2) is 18.1 Å². The van der Waals surface area contributed by atoms with Gasteiger partial charge in [0.05, 0.1) is 7.11 Å². The molecule has 0 unspecified atom stereocenters.